The van der Waals surface area contributed by atoms with Gasteiger partial charge in [-0.1, -0.05) is 20.4 Å². The van der Waals surface area contributed by atoms with E-state index in [1.54, 1.807) is 0 Å². The van der Waals surface area contributed by atoms with Crippen molar-refractivity contribution in [2.75, 3.05) is 13.6 Å². The number of hydrogen-bond acceptors (Lipinski definition) is 2. The summed E-state index contributed by atoms with van der Waals surface area (Å²) in [4.78, 5) is 10.4. The Kier molecular flexibility index (Phi) is 13.5. The lowest BCUT2D eigenvalue weighted by atomic mass is 10.3. The Morgan fingerprint density at radius 1 is 1.60 bits per heavy atom. The first-order valence-corrected chi connectivity index (χ1v) is 3.61. The van der Waals surface area contributed by atoms with Crippen molar-refractivity contribution >= 4 is 5.78 Å². The van der Waals surface area contributed by atoms with E-state index < -0.39 is 0 Å². The van der Waals surface area contributed by atoms with E-state index in [2.05, 4.69) is 11.9 Å². The highest BCUT2D eigenvalue weighted by atomic mass is 16.1. The minimum atomic E-state index is 0.0966. The van der Waals surface area contributed by atoms with E-state index >= 15 is 0 Å². The molecule has 0 unspecified atom stereocenters. The summed E-state index contributed by atoms with van der Waals surface area (Å²) in [5.74, 6) is 0.0966. The fourth-order valence-electron chi connectivity index (χ4n) is 0.350. The van der Waals surface area contributed by atoms with Gasteiger partial charge in [-0.05, 0) is 13.1 Å². The Labute approximate surface area is 63.3 Å². The topological polar surface area (TPSA) is 29.1 Å². The second-order valence-electron chi connectivity index (χ2n) is 1.52. The minimum absolute atomic E-state index is 0.0966. The SMILES string of the molecule is C=CC(=O)CCNC.CC. The number of allylic oxidation sites excluding steroid dienone is 1. The van der Waals surface area contributed by atoms with Crippen LogP contribution >= 0.6 is 0 Å². The first-order valence-electron chi connectivity index (χ1n) is 3.61. The van der Waals surface area contributed by atoms with Crippen molar-refractivity contribution in [2.24, 2.45) is 0 Å². The fourth-order valence-corrected chi connectivity index (χ4v) is 0.350. The third-order valence-electron chi connectivity index (χ3n) is 0.849. The van der Waals surface area contributed by atoms with E-state index in [0.29, 0.717) is 6.42 Å². The quantitative estimate of drug-likeness (QED) is 0.602. The summed E-state index contributed by atoms with van der Waals surface area (Å²) in [5, 5.41) is 2.86. The molecule has 1 N–H and O–H groups in total. The van der Waals surface area contributed by atoms with Crippen LogP contribution in [0.1, 0.15) is 20.3 Å². The van der Waals surface area contributed by atoms with Crippen molar-refractivity contribution in [3.05, 3.63) is 12.7 Å². The van der Waals surface area contributed by atoms with Gasteiger partial charge in [0.2, 0.25) is 0 Å². The maximum Gasteiger partial charge on any atom is 0.156 e. The van der Waals surface area contributed by atoms with Gasteiger partial charge in [0.1, 0.15) is 0 Å². The lowest BCUT2D eigenvalue weighted by Gasteiger charge is -1.90. The van der Waals surface area contributed by atoms with Gasteiger partial charge in [0, 0.05) is 13.0 Å². The summed E-state index contributed by atoms with van der Waals surface area (Å²) in [7, 11) is 1.82. The summed E-state index contributed by atoms with van der Waals surface area (Å²) in [5.41, 5.74) is 0. The van der Waals surface area contributed by atoms with E-state index in [0.717, 1.165) is 6.54 Å². The maximum absolute atomic E-state index is 10.4. The molecule has 0 aromatic rings. The normalized spacial score (nSPS) is 7.50. The van der Waals surface area contributed by atoms with Crippen molar-refractivity contribution in [2.45, 2.75) is 20.3 Å². The molecule has 0 radical (unpaired) electrons. The molecule has 0 amide bonds. The van der Waals surface area contributed by atoms with E-state index in [1.165, 1.54) is 6.08 Å². The number of carbonyl (C=O) groups is 1. The number of hydrogen-bond donors (Lipinski definition) is 1. The molecule has 0 heterocycles. The van der Waals surface area contributed by atoms with E-state index in [4.69, 9.17) is 0 Å². The standard InChI is InChI=1S/C6H11NO.C2H6/c1-3-6(8)4-5-7-2;1-2/h3,7H,1,4-5H2,2H3;1-2H3. The van der Waals surface area contributed by atoms with Crippen LogP contribution in [0.15, 0.2) is 12.7 Å². The van der Waals surface area contributed by atoms with Crippen molar-refractivity contribution in [1.29, 1.82) is 0 Å². The summed E-state index contributed by atoms with van der Waals surface area (Å²) in [6.07, 6.45) is 1.90. The average Bonchev–Trinajstić information content (AvgIpc) is 2.04. The Bertz CT molecular complexity index is 89.3. The predicted octanol–water partition coefficient (Wildman–Crippen LogP) is 1.38. The molecule has 2 heteroatoms. The van der Waals surface area contributed by atoms with Crippen LogP contribution in [0.5, 0.6) is 0 Å². The molecule has 0 atom stereocenters. The van der Waals surface area contributed by atoms with Crippen molar-refractivity contribution in [3.8, 4) is 0 Å². The number of nitrogens with one attached hydrogen (secondary N) is 1. The van der Waals surface area contributed by atoms with Gasteiger partial charge in [-0.25, -0.2) is 0 Å². The number of ketones is 1. The number of carbonyl (C=O) groups excluding carboxylic acids is 1. The third-order valence-corrected chi connectivity index (χ3v) is 0.849. The molecule has 0 aromatic heterocycles. The monoisotopic (exact) mass is 143 g/mol. The van der Waals surface area contributed by atoms with Crippen LogP contribution in [0.4, 0.5) is 0 Å². The Morgan fingerprint density at radius 3 is 2.40 bits per heavy atom. The van der Waals surface area contributed by atoms with Gasteiger partial charge in [-0.15, -0.1) is 0 Å². The highest BCUT2D eigenvalue weighted by Gasteiger charge is 1.90. The molecule has 0 aliphatic rings. The Balaban J connectivity index is 0. The van der Waals surface area contributed by atoms with Gasteiger partial charge in [0.15, 0.2) is 5.78 Å². The molecule has 0 bridgehead atoms. The minimum Gasteiger partial charge on any atom is -0.319 e. The summed E-state index contributed by atoms with van der Waals surface area (Å²) in [6, 6.07) is 0. The van der Waals surface area contributed by atoms with Crippen LogP contribution in [0.3, 0.4) is 0 Å². The summed E-state index contributed by atoms with van der Waals surface area (Å²) in [6.45, 7) is 8.08. The van der Waals surface area contributed by atoms with Gasteiger partial charge in [0.05, 0.1) is 0 Å². The molecule has 10 heavy (non-hydrogen) atoms. The van der Waals surface area contributed by atoms with Crippen molar-refractivity contribution in [1.82, 2.24) is 5.32 Å². The Morgan fingerprint density at radius 2 is 2.10 bits per heavy atom. The first kappa shape index (κ1) is 12.1. The van der Waals surface area contributed by atoms with Gasteiger partial charge in [-0.3, -0.25) is 4.79 Å². The fraction of sp³-hybridized carbons (Fsp3) is 0.625. The van der Waals surface area contributed by atoms with Gasteiger partial charge in [-0.2, -0.15) is 0 Å². The van der Waals surface area contributed by atoms with Crippen LogP contribution in [0.2, 0.25) is 0 Å². The molecule has 0 aliphatic heterocycles. The van der Waals surface area contributed by atoms with Crippen LogP contribution < -0.4 is 5.32 Å². The molecule has 0 rings (SSSR count). The summed E-state index contributed by atoms with van der Waals surface area (Å²) < 4.78 is 0. The van der Waals surface area contributed by atoms with Crippen LogP contribution in [-0.4, -0.2) is 19.4 Å². The molecule has 0 spiro atoms. The molecule has 0 fully saturated rings. The molecule has 0 saturated heterocycles. The molecule has 2 nitrogen and oxygen atoms in total. The second-order valence-corrected chi connectivity index (χ2v) is 1.52. The second kappa shape index (κ2) is 11.2. The zero-order valence-corrected chi connectivity index (χ0v) is 7.11. The zero-order valence-electron chi connectivity index (χ0n) is 7.11. The van der Waals surface area contributed by atoms with E-state index in [9.17, 15) is 4.79 Å². The zero-order chi connectivity index (χ0) is 8.41. The van der Waals surface area contributed by atoms with Gasteiger partial charge in [0.25, 0.3) is 0 Å². The highest BCUT2D eigenvalue weighted by Crippen LogP contribution is 1.78. The van der Waals surface area contributed by atoms with Crippen LogP contribution in [0, 0.1) is 0 Å². The van der Waals surface area contributed by atoms with E-state index in [1.807, 2.05) is 20.9 Å². The lowest BCUT2D eigenvalue weighted by Crippen LogP contribution is -2.11. The predicted molar refractivity (Wildman–Crippen MR) is 45.1 cm³/mol. The largest absolute Gasteiger partial charge is 0.319 e. The Hall–Kier alpha value is -0.630. The van der Waals surface area contributed by atoms with Crippen molar-refractivity contribution < 1.29 is 4.79 Å². The molecule has 0 aliphatic carbocycles. The van der Waals surface area contributed by atoms with Crippen LogP contribution in [-0.2, 0) is 4.79 Å². The smallest absolute Gasteiger partial charge is 0.156 e. The molecular formula is C8H17NO. The maximum atomic E-state index is 10.4. The average molecular weight is 143 g/mol. The number of rotatable bonds is 4. The van der Waals surface area contributed by atoms with Crippen LogP contribution in [0.25, 0.3) is 0 Å². The molecule has 0 aromatic carbocycles. The molecule has 0 saturated carbocycles. The molecular weight excluding hydrogens is 126 g/mol. The van der Waals surface area contributed by atoms with Gasteiger partial charge < -0.3 is 5.32 Å². The van der Waals surface area contributed by atoms with E-state index in [-0.39, 0.29) is 5.78 Å². The summed E-state index contributed by atoms with van der Waals surface area (Å²) >= 11 is 0. The molecule has 60 valence electrons. The third kappa shape index (κ3) is 10.4. The lowest BCUT2D eigenvalue weighted by molar-refractivity contribution is -0.114. The highest BCUT2D eigenvalue weighted by molar-refractivity contribution is 5.89. The van der Waals surface area contributed by atoms with Crippen molar-refractivity contribution in [3.63, 3.8) is 0 Å². The van der Waals surface area contributed by atoms with Gasteiger partial charge >= 0.3 is 0 Å². The first-order chi connectivity index (χ1) is 4.81.